The molecule has 2 heterocycles. The molecule has 0 amide bonds. The Morgan fingerprint density at radius 3 is 2.89 bits per heavy atom. The second-order valence-electron chi connectivity index (χ2n) is 7.42. The van der Waals surface area contributed by atoms with E-state index < -0.39 is 0 Å². The quantitative estimate of drug-likeness (QED) is 0.633. The predicted molar refractivity (Wildman–Crippen MR) is 115 cm³/mol. The number of hydrogen-bond donors (Lipinski definition) is 1. The highest BCUT2D eigenvalue weighted by Gasteiger charge is 2.24. The molecule has 146 valence electrons. The SMILES string of the molecule is CN=C(NCc1cccc(Cn2ccnc2C)c1)N1CCSC(C(C)C)C1. The van der Waals surface area contributed by atoms with Gasteiger partial charge in [-0.3, -0.25) is 4.99 Å². The van der Waals surface area contributed by atoms with Crippen LogP contribution in [0.15, 0.2) is 41.7 Å². The molecule has 1 atom stereocenters. The summed E-state index contributed by atoms with van der Waals surface area (Å²) in [7, 11) is 1.88. The van der Waals surface area contributed by atoms with Crippen LogP contribution in [0.2, 0.25) is 0 Å². The zero-order chi connectivity index (χ0) is 19.2. The van der Waals surface area contributed by atoms with E-state index in [-0.39, 0.29) is 0 Å². The van der Waals surface area contributed by atoms with Gasteiger partial charge in [-0.1, -0.05) is 38.1 Å². The van der Waals surface area contributed by atoms with Crippen LogP contribution in [0.3, 0.4) is 0 Å². The van der Waals surface area contributed by atoms with Gasteiger partial charge in [0.2, 0.25) is 0 Å². The molecule has 0 aliphatic carbocycles. The number of nitrogens with zero attached hydrogens (tertiary/aromatic N) is 4. The fourth-order valence-electron chi connectivity index (χ4n) is 3.39. The largest absolute Gasteiger partial charge is 0.352 e. The topological polar surface area (TPSA) is 45.5 Å². The predicted octanol–water partition coefficient (Wildman–Crippen LogP) is 3.39. The van der Waals surface area contributed by atoms with Crippen molar-refractivity contribution in [3.05, 3.63) is 53.6 Å². The molecule has 1 aromatic carbocycles. The fraction of sp³-hybridized carbons (Fsp3) is 0.524. The van der Waals surface area contributed by atoms with Gasteiger partial charge < -0.3 is 14.8 Å². The van der Waals surface area contributed by atoms with Crippen LogP contribution in [0.25, 0.3) is 0 Å². The third-order valence-corrected chi connectivity index (χ3v) is 6.61. The molecule has 1 aliphatic rings. The first-order chi connectivity index (χ1) is 13.1. The third-order valence-electron chi connectivity index (χ3n) is 5.07. The molecule has 0 saturated carbocycles. The van der Waals surface area contributed by atoms with Gasteiger partial charge in [0, 0.05) is 56.6 Å². The molecular weight excluding hydrogens is 354 g/mol. The van der Waals surface area contributed by atoms with Crippen LogP contribution in [0.5, 0.6) is 0 Å². The van der Waals surface area contributed by atoms with Crippen LogP contribution in [0.4, 0.5) is 0 Å². The van der Waals surface area contributed by atoms with Gasteiger partial charge in [-0.05, 0) is 24.0 Å². The molecule has 0 radical (unpaired) electrons. The Balaban J connectivity index is 1.60. The van der Waals surface area contributed by atoms with Crippen LogP contribution in [0, 0.1) is 12.8 Å². The summed E-state index contributed by atoms with van der Waals surface area (Å²) in [5.41, 5.74) is 2.57. The van der Waals surface area contributed by atoms with Gasteiger partial charge in [0.25, 0.3) is 0 Å². The smallest absolute Gasteiger partial charge is 0.193 e. The fourth-order valence-corrected chi connectivity index (χ4v) is 4.69. The van der Waals surface area contributed by atoms with Crippen molar-refractivity contribution in [1.82, 2.24) is 19.8 Å². The molecule has 1 N–H and O–H groups in total. The first-order valence-corrected chi connectivity index (χ1v) is 10.7. The second-order valence-corrected chi connectivity index (χ2v) is 8.77. The molecule has 0 bridgehead atoms. The summed E-state index contributed by atoms with van der Waals surface area (Å²) in [6, 6.07) is 8.75. The molecule has 6 heteroatoms. The maximum atomic E-state index is 4.53. The molecule has 5 nitrogen and oxygen atoms in total. The van der Waals surface area contributed by atoms with Crippen molar-refractivity contribution in [2.45, 2.75) is 39.1 Å². The Labute approximate surface area is 167 Å². The number of imidazole rings is 1. The Hall–Kier alpha value is -1.95. The van der Waals surface area contributed by atoms with Crippen molar-refractivity contribution in [3.63, 3.8) is 0 Å². The van der Waals surface area contributed by atoms with Crippen LogP contribution < -0.4 is 5.32 Å². The van der Waals surface area contributed by atoms with Crippen molar-refractivity contribution >= 4 is 17.7 Å². The van der Waals surface area contributed by atoms with Crippen LogP contribution in [-0.4, -0.2) is 51.6 Å². The van der Waals surface area contributed by atoms with Crippen molar-refractivity contribution in [2.24, 2.45) is 10.9 Å². The lowest BCUT2D eigenvalue weighted by molar-refractivity contribution is 0.380. The lowest BCUT2D eigenvalue weighted by atomic mass is 10.1. The normalized spacial score (nSPS) is 18.2. The third kappa shape index (κ3) is 5.28. The van der Waals surface area contributed by atoms with E-state index in [4.69, 9.17) is 0 Å². The number of hydrogen-bond acceptors (Lipinski definition) is 3. The molecule has 0 spiro atoms. The summed E-state index contributed by atoms with van der Waals surface area (Å²) in [4.78, 5) is 11.2. The van der Waals surface area contributed by atoms with Gasteiger partial charge in [0.1, 0.15) is 5.82 Å². The monoisotopic (exact) mass is 385 g/mol. The summed E-state index contributed by atoms with van der Waals surface area (Å²) in [6.07, 6.45) is 3.88. The number of aromatic nitrogens is 2. The highest BCUT2D eigenvalue weighted by molar-refractivity contribution is 8.00. The van der Waals surface area contributed by atoms with Gasteiger partial charge in [-0.25, -0.2) is 4.98 Å². The van der Waals surface area contributed by atoms with E-state index in [2.05, 4.69) is 74.6 Å². The number of rotatable bonds is 5. The average molecular weight is 386 g/mol. The summed E-state index contributed by atoms with van der Waals surface area (Å²) in [6.45, 7) is 10.4. The number of thioether (sulfide) groups is 1. The molecular formula is C21H31N5S. The summed E-state index contributed by atoms with van der Waals surface area (Å²) < 4.78 is 2.17. The van der Waals surface area contributed by atoms with E-state index in [1.807, 2.05) is 26.4 Å². The van der Waals surface area contributed by atoms with Crippen molar-refractivity contribution in [2.75, 3.05) is 25.9 Å². The number of aliphatic imine (C=N–C) groups is 1. The molecule has 27 heavy (non-hydrogen) atoms. The molecule has 1 aliphatic heterocycles. The van der Waals surface area contributed by atoms with Gasteiger partial charge in [-0.2, -0.15) is 11.8 Å². The maximum absolute atomic E-state index is 4.53. The molecule has 1 unspecified atom stereocenters. The van der Waals surface area contributed by atoms with Gasteiger partial charge in [0.05, 0.1) is 0 Å². The van der Waals surface area contributed by atoms with Crippen LogP contribution in [0.1, 0.15) is 30.8 Å². The Kier molecular flexibility index (Phi) is 6.83. The standard InChI is InChI=1S/C21H31N5S/c1-16(2)20-15-26(10-11-27-20)21(22-4)24-13-18-6-5-7-19(12-18)14-25-9-8-23-17(25)3/h5-9,12,16,20H,10-11,13-15H2,1-4H3,(H,22,24). The lowest BCUT2D eigenvalue weighted by Crippen LogP contribution is -2.48. The minimum absolute atomic E-state index is 0.680. The first-order valence-electron chi connectivity index (χ1n) is 9.69. The molecule has 1 aromatic heterocycles. The lowest BCUT2D eigenvalue weighted by Gasteiger charge is -2.36. The van der Waals surface area contributed by atoms with Gasteiger partial charge >= 0.3 is 0 Å². The highest BCUT2D eigenvalue weighted by Crippen LogP contribution is 2.24. The minimum Gasteiger partial charge on any atom is -0.352 e. The van der Waals surface area contributed by atoms with Crippen molar-refractivity contribution in [1.29, 1.82) is 0 Å². The van der Waals surface area contributed by atoms with E-state index in [1.54, 1.807) is 0 Å². The Bertz CT molecular complexity index is 767. The number of nitrogens with one attached hydrogen (secondary N) is 1. The van der Waals surface area contributed by atoms with Crippen LogP contribution in [-0.2, 0) is 13.1 Å². The van der Waals surface area contributed by atoms with E-state index in [0.29, 0.717) is 11.2 Å². The number of benzene rings is 1. The Morgan fingerprint density at radius 1 is 1.37 bits per heavy atom. The zero-order valence-corrected chi connectivity index (χ0v) is 17.7. The van der Waals surface area contributed by atoms with E-state index >= 15 is 0 Å². The second kappa shape index (κ2) is 9.31. The van der Waals surface area contributed by atoms with Gasteiger partial charge in [0.15, 0.2) is 5.96 Å². The number of guanidine groups is 1. The summed E-state index contributed by atoms with van der Waals surface area (Å²) >= 11 is 2.09. The average Bonchev–Trinajstić information content (AvgIpc) is 3.07. The molecule has 2 aromatic rings. The van der Waals surface area contributed by atoms with E-state index in [0.717, 1.165) is 38.0 Å². The van der Waals surface area contributed by atoms with Crippen molar-refractivity contribution < 1.29 is 0 Å². The molecule has 1 fully saturated rings. The minimum atomic E-state index is 0.680. The molecule has 3 rings (SSSR count). The van der Waals surface area contributed by atoms with E-state index in [1.165, 1.54) is 16.9 Å². The van der Waals surface area contributed by atoms with Gasteiger partial charge in [-0.15, -0.1) is 0 Å². The maximum Gasteiger partial charge on any atom is 0.193 e. The first kappa shape index (κ1) is 19.8. The zero-order valence-electron chi connectivity index (χ0n) is 16.9. The summed E-state index contributed by atoms with van der Waals surface area (Å²) in [5, 5.41) is 4.24. The van der Waals surface area contributed by atoms with E-state index in [9.17, 15) is 0 Å². The number of aryl methyl sites for hydroxylation is 1. The van der Waals surface area contributed by atoms with Crippen LogP contribution >= 0.6 is 11.8 Å². The summed E-state index contributed by atoms with van der Waals surface area (Å²) in [5.74, 6) is 3.92. The Morgan fingerprint density at radius 2 is 2.19 bits per heavy atom. The highest BCUT2D eigenvalue weighted by atomic mass is 32.2. The van der Waals surface area contributed by atoms with Crippen molar-refractivity contribution in [3.8, 4) is 0 Å². The molecule has 1 saturated heterocycles.